The van der Waals surface area contributed by atoms with Gasteiger partial charge in [-0.05, 0) is 61.7 Å². The summed E-state index contributed by atoms with van der Waals surface area (Å²) in [6.07, 6.45) is 0. The topological polar surface area (TPSA) is 66.5 Å². The molecular weight excluding hydrogens is 384 g/mol. The molecule has 1 heterocycles. The summed E-state index contributed by atoms with van der Waals surface area (Å²) in [6, 6.07) is 16.3. The van der Waals surface area contributed by atoms with Crippen LogP contribution in [0.25, 0.3) is 11.1 Å². The number of anilines is 2. The molecule has 1 aliphatic heterocycles. The predicted octanol–water partition coefficient (Wildman–Crippen LogP) is 4.67. The maximum atomic E-state index is 13.0. The van der Waals surface area contributed by atoms with E-state index in [0.29, 0.717) is 16.8 Å². The SMILES string of the molecule is Cc1ccc(C)c(NC(=O)c2cc(C)c3c(c2)-c2ccccc2S(=O)(=O)N3C)c1. The van der Waals surface area contributed by atoms with Gasteiger partial charge in [0.2, 0.25) is 0 Å². The van der Waals surface area contributed by atoms with Gasteiger partial charge in [0, 0.05) is 29.4 Å². The van der Waals surface area contributed by atoms with Crippen LogP contribution in [0.4, 0.5) is 11.4 Å². The molecule has 5 nitrogen and oxygen atoms in total. The van der Waals surface area contributed by atoms with E-state index in [1.54, 1.807) is 37.4 Å². The smallest absolute Gasteiger partial charge is 0.264 e. The monoisotopic (exact) mass is 406 g/mol. The van der Waals surface area contributed by atoms with Crippen LogP contribution < -0.4 is 9.62 Å². The Morgan fingerprint density at radius 3 is 2.38 bits per heavy atom. The standard InChI is InChI=1S/C23H22N2O3S/c1-14-9-10-15(2)20(11-14)24-23(26)17-12-16(3)22-19(13-17)18-7-5-6-8-21(18)29(27,28)25(22)4/h5-13H,1-4H3,(H,24,26). The Bertz CT molecular complexity index is 1260. The third-order valence-electron chi connectivity index (χ3n) is 5.33. The molecule has 0 saturated carbocycles. The molecule has 0 unspecified atom stereocenters. The number of nitrogens with zero attached hydrogens (tertiary/aromatic N) is 1. The Hall–Kier alpha value is -3.12. The molecule has 4 rings (SSSR count). The average Bonchev–Trinajstić information content (AvgIpc) is 2.68. The highest BCUT2D eigenvalue weighted by atomic mass is 32.2. The number of hydrogen-bond acceptors (Lipinski definition) is 3. The number of sulfonamides is 1. The van der Waals surface area contributed by atoms with Gasteiger partial charge < -0.3 is 5.32 Å². The van der Waals surface area contributed by atoms with Gasteiger partial charge in [-0.3, -0.25) is 9.10 Å². The van der Waals surface area contributed by atoms with Crippen molar-refractivity contribution in [3.63, 3.8) is 0 Å². The third kappa shape index (κ3) is 3.09. The zero-order valence-electron chi connectivity index (χ0n) is 16.8. The molecule has 0 bridgehead atoms. The van der Waals surface area contributed by atoms with E-state index < -0.39 is 10.0 Å². The quantitative estimate of drug-likeness (QED) is 0.673. The molecule has 0 atom stereocenters. The molecule has 1 aliphatic rings. The number of nitrogens with one attached hydrogen (secondary N) is 1. The summed E-state index contributed by atoms with van der Waals surface area (Å²) in [5, 5.41) is 2.98. The molecule has 1 N–H and O–H groups in total. The fraction of sp³-hybridized carbons (Fsp3) is 0.174. The molecule has 1 amide bonds. The highest BCUT2D eigenvalue weighted by Gasteiger charge is 2.33. The van der Waals surface area contributed by atoms with Crippen molar-refractivity contribution in [2.24, 2.45) is 0 Å². The molecule has 0 radical (unpaired) electrons. The first-order valence-electron chi connectivity index (χ1n) is 9.32. The van der Waals surface area contributed by atoms with Gasteiger partial charge >= 0.3 is 0 Å². The van der Waals surface area contributed by atoms with E-state index in [2.05, 4.69) is 5.32 Å². The minimum absolute atomic E-state index is 0.224. The summed E-state index contributed by atoms with van der Waals surface area (Å²) in [5.74, 6) is -0.224. The second kappa shape index (κ2) is 6.74. The van der Waals surface area contributed by atoms with Gasteiger partial charge in [-0.2, -0.15) is 0 Å². The Labute approximate surface area is 171 Å². The summed E-state index contributed by atoms with van der Waals surface area (Å²) < 4.78 is 27.1. The molecule has 0 spiro atoms. The van der Waals surface area contributed by atoms with Crippen LogP contribution in [0, 0.1) is 20.8 Å². The van der Waals surface area contributed by atoms with Crippen LogP contribution in [-0.4, -0.2) is 21.4 Å². The number of aryl methyl sites for hydroxylation is 3. The number of rotatable bonds is 2. The van der Waals surface area contributed by atoms with Gasteiger partial charge in [-0.15, -0.1) is 0 Å². The minimum atomic E-state index is -3.62. The maximum Gasteiger partial charge on any atom is 0.264 e. The highest BCUT2D eigenvalue weighted by Crippen LogP contribution is 2.44. The number of amides is 1. The summed E-state index contributed by atoms with van der Waals surface area (Å²) in [6.45, 7) is 5.75. The average molecular weight is 407 g/mol. The van der Waals surface area contributed by atoms with Crippen molar-refractivity contribution in [3.8, 4) is 11.1 Å². The summed E-state index contributed by atoms with van der Waals surface area (Å²) in [7, 11) is -2.07. The normalized spacial score (nSPS) is 14.1. The van der Waals surface area contributed by atoms with Crippen molar-refractivity contribution < 1.29 is 13.2 Å². The number of carbonyl (C=O) groups is 1. The number of benzene rings is 3. The lowest BCUT2D eigenvalue weighted by molar-refractivity contribution is 0.102. The fourth-order valence-electron chi connectivity index (χ4n) is 3.78. The van der Waals surface area contributed by atoms with Gasteiger partial charge in [0.1, 0.15) is 0 Å². The Balaban J connectivity index is 1.83. The van der Waals surface area contributed by atoms with Crippen LogP contribution >= 0.6 is 0 Å². The molecule has 0 aromatic heterocycles. The largest absolute Gasteiger partial charge is 0.322 e. The zero-order chi connectivity index (χ0) is 20.9. The molecule has 3 aromatic rings. The summed E-state index contributed by atoms with van der Waals surface area (Å²) >= 11 is 0. The summed E-state index contributed by atoms with van der Waals surface area (Å²) in [4.78, 5) is 13.2. The second-order valence-corrected chi connectivity index (χ2v) is 9.37. The van der Waals surface area contributed by atoms with Crippen LogP contribution in [0.1, 0.15) is 27.0 Å². The molecule has 0 fully saturated rings. The lowest BCUT2D eigenvalue weighted by Crippen LogP contribution is -2.31. The van der Waals surface area contributed by atoms with Gasteiger partial charge in [0.15, 0.2) is 0 Å². The van der Waals surface area contributed by atoms with Gasteiger partial charge in [0.25, 0.3) is 15.9 Å². The van der Waals surface area contributed by atoms with Crippen LogP contribution in [-0.2, 0) is 10.0 Å². The van der Waals surface area contributed by atoms with E-state index >= 15 is 0 Å². The molecule has 0 saturated heterocycles. The van der Waals surface area contributed by atoms with E-state index in [1.165, 1.54) is 4.31 Å². The molecule has 6 heteroatoms. The van der Waals surface area contributed by atoms with Crippen molar-refractivity contribution in [3.05, 3.63) is 76.9 Å². The van der Waals surface area contributed by atoms with E-state index in [-0.39, 0.29) is 10.8 Å². The minimum Gasteiger partial charge on any atom is -0.322 e. The van der Waals surface area contributed by atoms with Crippen LogP contribution in [0.5, 0.6) is 0 Å². The fourth-order valence-corrected chi connectivity index (χ4v) is 5.26. The molecule has 3 aromatic carbocycles. The van der Waals surface area contributed by atoms with E-state index in [0.717, 1.165) is 27.9 Å². The number of hydrogen-bond donors (Lipinski definition) is 1. The van der Waals surface area contributed by atoms with E-state index in [9.17, 15) is 13.2 Å². The number of carbonyl (C=O) groups excluding carboxylic acids is 1. The van der Waals surface area contributed by atoms with Crippen LogP contribution in [0.3, 0.4) is 0 Å². The van der Waals surface area contributed by atoms with Gasteiger partial charge in [-0.25, -0.2) is 8.42 Å². The number of fused-ring (bicyclic) bond motifs is 3. The van der Waals surface area contributed by atoms with Crippen molar-refractivity contribution in [2.75, 3.05) is 16.7 Å². The first-order chi connectivity index (χ1) is 13.7. The highest BCUT2D eigenvalue weighted by molar-refractivity contribution is 7.93. The zero-order valence-corrected chi connectivity index (χ0v) is 17.6. The van der Waals surface area contributed by atoms with Gasteiger partial charge in [-0.1, -0.05) is 30.3 Å². The van der Waals surface area contributed by atoms with E-state index in [1.807, 2.05) is 45.0 Å². The lowest BCUT2D eigenvalue weighted by atomic mass is 9.96. The first-order valence-corrected chi connectivity index (χ1v) is 10.8. The van der Waals surface area contributed by atoms with Crippen molar-refractivity contribution in [1.29, 1.82) is 0 Å². The predicted molar refractivity (Wildman–Crippen MR) is 116 cm³/mol. The third-order valence-corrected chi connectivity index (χ3v) is 7.15. The van der Waals surface area contributed by atoms with Crippen molar-refractivity contribution in [1.82, 2.24) is 0 Å². The van der Waals surface area contributed by atoms with Crippen molar-refractivity contribution >= 4 is 27.3 Å². The Morgan fingerprint density at radius 1 is 0.897 bits per heavy atom. The van der Waals surface area contributed by atoms with E-state index in [4.69, 9.17) is 0 Å². The first kappa shape index (κ1) is 19.2. The molecule has 29 heavy (non-hydrogen) atoms. The second-order valence-electron chi connectivity index (χ2n) is 7.43. The maximum absolute atomic E-state index is 13.0. The van der Waals surface area contributed by atoms with Gasteiger partial charge in [0.05, 0.1) is 10.6 Å². The Morgan fingerprint density at radius 2 is 1.62 bits per heavy atom. The summed E-state index contributed by atoms with van der Waals surface area (Å²) in [5.41, 5.74) is 5.99. The lowest BCUT2D eigenvalue weighted by Gasteiger charge is -2.31. The molecule has 148 valence electrons. The van der Waals surface area contributed by atoms with Crippen LogP contribution in [0.2, 0.25) is 0 Å². The molecule has 0 aliphatic carbocycles. The Kier molecular flexibility index (Phi) is 4.46. The van der Waals surface area contributed by atoms with Crippen molar-refractivity contribution in [2.45, 2.75) is 25.7 Å². The van der Waals surface area contributed by atoms with Crippen LogP contribution in [0.15, 0.2) is 59.5 Å². The molecular formula is C23H22N2O3S.